The van der Waals surface area contributed by atoms with E-state index in [2.05, 4.69) is 10.6 Å². The molecular weight excluding hydrogens is 311 g/mol. The molecule has 7 heteroatoms. The first-order valence-corrected chi connectivity index (χ1v) is 7.03. The Morgan fingerprint density at radius 2 is 1.86 bits per heavy atom. The summed E-state index contributed by atoms with van der Waals surface area (Å²) in [6.45, 7) is -0.336. The molecule has 1 saturated carbocycles. The Bertz CT molecular complexity index is 506. The number of amides is 1. The fourth-order valence-electron chi connectivity index (χ4n) is 2.44. The number of benzene rings is 1. The molecule has 0 radical (unpaired) electrons. The van der Waals surface area contributed by atoms with Crippen LogP contribution in [0.2, 0.25) is 0 Å². The summed E-state index contributed by atoms with van der Waals surface area (Å²) in [5.74, 6) is -1.28. The van der Waals surface area contributed by atoms with Gasteiger partial charge < -0.3 is 15.7 Å². The van der Waals surface area contributed by atoms with Crippen molar-refractivity contribution < 1.29 is 19.1 Å². The molecule has 1 aliphatic rings. The van der Waals surface area contributed by atoms with Crippen LogP contribution in [0.1, 0.15) is 30.9 Å². The molecule has 2 rings (SSSR count). The van der Waals surface area contributed by atoms with Gasteiger partial charge in [0.1, 0.15) is 12.4 Å². The number of carbonyl (C=O) groups is 2. The molecule has 1 unspecified atom stereocenters. The fraction of sp³-hybridized carbons (Fsp3) is 0.467. The van der Waals surface area contributed by atoms with Crippen LogP contribution in [0.25, 0.3) is 0 Å². The molecule has 0 saturated heterocycles. The molecule has 0 aliphatic heterocycles. The summed E-state index contributed by atoms with van der Waals surface area (Å²) in [6, 6.07) is 6.26. The first-order chi connectivity index (χ1) is 10.1. The molecule has 0 spiro atoms. The Kier molecular flexibility index (Phi) is 7.27. The highest BCUT2D eigenvalue weighted by atomic mass is 35.5. The number of halogens is 2. The minimum Gasteiger partial charge on any atom is -0.480 e. The minimum absolute atomic E-state index is 0. The number of carbonyl (C=O) groups excluding carboxylic acids is 1. The lowest BCUT2D eigenvalue weighted by atomic mass is 9.77. The van der Waals surface area contributed by atoms with Crippen LogP contribution in [0.3, 0.4) is 0 Å². The summed E-state index contributed by atoms with van der Waals surface area (Å²) in [6.07, 6.45) is 3.31. The van der Waals surface area contributed by atoms with E-state index in [1.807, 2.05) is 0 Å². The van der Waals surface area contributed by atoms with Crippen molar-refractivity contribution in [1.29, 1.82) is 0 Å². The van der Waals surface area contributed by atoms with Gasteiger partial charge in [0.05, 0.1) is 6.54 Å². The third kappa shape index (κ3) is 5.27. The highest BCUT2D eigenvalue weighted by Crippen LogP contribution is 2.37. The molecule has 1 aromatic rings. The zero-order valence-electron chi connectivity index (χ0n) is 12.0. The van der Waals surface area contributed by atoms with Gasteiger partial charge in [-0.15, -0.1) is 12.4 Å². The largest absolute Gasteiger partial charge is 0.480 e. The molecule has 1 amide bonds. The third-order valence-electron chi connectivity index (χ3n) is 3.77. The molecule has 22 heavy (non-hydrogen) atoms. The molecule has 1 aliphatic carbocycles. The monoisotopic (exact) mass is 330 g/mol. The highest BCUT2D eigenvalue weighted by Gasteiger charge is 2.28. The first-order valence-electron chi connectivity index (χ1n) is 7.03. The topological polar surface area (TPSA) is 78.4 Å². The van der Waals surface area contributed by atoms with Gasteiger partial charge in [-0.2, -0.15) is 0 Å². The van der Waals surface area contributed by atoms with E-state index in [-0.39, 0.29) is 43.3 Å². The van der Waals surface area contributed by atoms with Crippen molar-refractivity contribution in [2.45, 2.75) is 25.3 Å². The first kappa shape index (κ1) is 18.4. The number of carboxylic acid groups (broad SMARTS) is 1. The van der Waals surface area contributed by atoms with E-state index >= 15 is 0 Å². The van der Waals surface area contributed by atoms with Crippen molar-refractivity contribution in [2.24, 2.45) is 5.92 Å². The normalized spacial score (nSPS) is 15.3. The van der Waals surface area contributed by atoms with Gasteiger partial charge in [-0.1, -0.05) is 18.6 Å². The van der Waals surface area contributed by atoms with Crippen LogP contribution in [-0.2, 0) is 9.59 Å². The molecule has 1 fully saturated rings. The van der Waals surface area contributed by atoms with E-state index in [0.29, 0.717) is 5.92 Å². The molecule has 122 valence electrons. The fourth-order valence-corrected chi connectivity index (χ4v) is 2.44. The van der Waals surface area contributed by atoms with Gasteiger partial charge in [0.15, 0.2) is 0 Å². The molecule has 1 atom stereocenters. The van der Waals surface area contributed by atoms with Crippen molar-refractivity contribution in [3.8, 4) is 0 Å². The number of hydrogen-bond donors (Lipinski definition) is 3. The summed E-state index contributed by atoms with van der Waals surface area (Å²) >= 11 is 0. The van der Waals surface area contributed by atoms with Gasteiger partial charge in [-0.25, -0.2) is 4.39 Å². The average Bonchev–Trinajstić information content (AvgIpc) is 2.40. The average molecular weight is 331 g/mol. The smallest absolute Gasteiger partial charge is 0.322 e. The van der Waals surface area contributed by atoms with Crippen LogP contribution in [0.5, 0.6) is 0 Å². The van der Waals surface area contributed by atoms with Gasteiger partial charge in [0, 0.05) is 6.04 Å². The summed E-state index contributed by atoms with van der Waals surface area (Å²) in [5.41, 5.74) is 0.951. The summed E-state index contributed by atoms with van der Waals surface area (Å²) in [4.78, 5) is 22.0. The molecule has 0 bridgehead atoms. The second-order valence-corrected chi connectivity index (χ2v) is 5.27. The summed E-state index contributed by atoms with van der Waals surface area (Å²) in [7, 11) is 0. The Hall–Kier alpha value is -1.66. The number of rotatable bonds is 7. The zero-order chi connectivity index (χ0) is 15.2. The maximum atomic E-state index is 13.0. The number of nitrogens with one attached hydrogen (secondary N) is 2. The highest BCUT2D eigenvalue weighted by molar-refractivity contribution is 5.85. The van der Waals surface area contributed by atoms with Crippen molar-refractivity contribution in [1.82, 2.24) is 10.6 Å². The van der Waals surface area contributed by atoms with Crippen LogP contribution in [0.15, 0.2) is 24.3 Å². The predicted octanol–water partition coefficient (Wildman–Crippen LogP) is 1.88. The maximum absolute atomic E-state index is 13.0. The number of hydrogen-bond acceptors (Lipinski definition) is 3. The zero-order valence-corrected chi connectivity index (χ0v) is 12.9. The van der Waals surface area contributed by atoms with E-state index in [1.165, 1.54) is 12.1 Å². The standard InChI is InChI=1S/C15H19FN2O3.ClH/c16-12-6-4-11(5-7-12)15(10-2-1-3-10)18-8-13(19)17-9-14(20)21;/h4-7,10,15,18H,1-3,8-9H2,(H,17,19)(H,20,21);1H. The van der Waals surface area contributed by atoms with Gasteiger partial charge in [0.25, 0.3) is 0 Å². The predicted molar refractivity (Wildman–Crippen MR) is 82.4 cm³/mol. The molecular formula is C15H20ClFN2O3. The lowest BCUT2D eigenvalue weighted by Crippen LogP contribution is -2.41. The lowest BCUT2D eigenvalue weighted by Gasteiger charge is -2.34. The van der Waals surface area contributed by atoms with Crippen molar-refractivity contribution >= 4 is 24.3 Å². The Morgan fingerprint density at radius 3 is 2.36 bits per heavy atom. The van der Waals surface area contributed by atoms with Crippen LogP contribution < -0.4 is 10.6 Å². The lowest BCUT2D eigenvalue weighted by molar-refractivity contribution is -0.137. The molecule has 0 aromatic heterocycles. The second kappa shape index (κ2) is 8.70. The minimum atomic E-state index is -1.07. The van der Waals surface area contributed by atoms with Crippen LogP contribution >= 0.6 is 12.4 Å². The van der Waals surface area contributed by atoms with Gasteiger partial charge >= 0.3 is 5.97 Å². The van der Waals surface area contributed by atoms with E-state index in [1.54, 1.807) is 12.1 Å². The van der Waals surface area contributed by atoms with E-state index in [0.717, 1.165) is 24.8 Å². The molecule has 5 nitrogen and oxygen atoms in total. The van der Waals surface area contributed by atoms with Crippen molar-refractivity contribution in [3.63, 3.8) is 0 Å². The SMILES string of the molecule is Cl.O=C(O)CNC(=O)CNC(c1ccc(F)cc1)C1CCC1. The quantitative estimate of drug-likeness (QED) is 0.713. The van der Waals surface area contributed by atoms with Crippen LogP contribution in [0.4, 0.5) is 4.39 Å². The van der Waals surface area contributed by atoms with E-state index < -0.39 is 5.97 Å². The van der Waals surface area contributed by atoms with Gasteiger partial charge in [-0.3, -0.25) is 9.59 Å². The van der Waals surface area contributed by atoms with E-state index in [4.69, 9.17) is 5.11 Å². The molecule has 0 heterocycles. The van der Waals surface area contributed by atoms with Crippen LogP contribution in [0, 0.1) is 11.7 Å². The third-order valence-corrected chi connectivity index (χ3v) is 3.77. The van der Waals surface area contributed by atoms with Gasteiger partial charge in [-0.05, 0) is 36.5 Å². The summed E-state index contributed by atoms with van der Waals surface area (Å²) in [5, 5.41) is 14.0. The molecule has 3 N–H and O–H groups in total. The molecule has 1 aromatic carbocycles. The van der Waals surface area contributed by atoms with Crippen molar-refractivity contribution in [3.05, 3.63) is 35.6 Å². The number of aliphatic carboxylic acids is 1. The number of carboxylic acids is 1. The van der Waals surface area contributed by atoms with Gasteiger partial charge in [0.2, 0.25) is 5.91 Å². The van der Waals surface area contributed by atoms with E-state index in [9.17, 15) is 14.0 Å². The Balaban J connectivity index is 0.00000242. The van der Waals surface area contributed by atoms with Crippen LogP contribution in [-0.4, -0.2) is 30.1 Å². The maximum Gasteiger partial charge on any atom is 0.322 e. The Morgan fingerprint density at radius 1 is 1.23 bits per heavy atom. The van der Waals surface area contributed by atoms with Crippen molar-refractivity contribution in [2.75, 3.05) is 13.1 Å². The summed E-state index contributed by atoms with van der Waals surface area (Å²) < 4.78 is 13.0. The Labute approximate surface area is 134 Å². The second-order valence-electron chi connectivity index (χ2n) is 5.27.